The van der Waals surface area contributed by atoms with Gasteiger partial charge in [-0.1, -0.05) is 12.2 Å². The number of carbonyl (C=O) groups is 1. The second kappa shape index (κ2) is 4.35. The lowest BCUT2D eigenvalue weighted by atomic mass is 10.1. The van der Waals surface area contributed by atoms with Crippen molar-refractivity contribution in [3.8, 4) is 0 Å². The third-order valence-electron chi connectivity index (χ3n) is 1.63. The molecule has 0 saturated carbocycles. The molecule has 0 aromatic heterocycles. The molecule has 0 saturated heterocycles. The maximum atomic E-state index is 10.8. The van der Waals surface area contributed by atoms with E-state index in [9.17, 15) is 4.79 Å². The minimum Gasteiger partial charge on any atom is -0.515 e. The molecule has 4 nitrogen and oxygen atoms in total. The fraction of sp³-hybridized carbons (Fsp3) is 0.222. The summed E-state index contributed by atoms with van der Waals surface area (Å²) in [6, 6.07) is 0. The van der Waals surface area contributed by atoms with Crippen LogP contribution in [-0.2, 0) is 4.74 Å². The molecule has 0 aliphatic heterocycles. The van der Waals surface area contributed by atoms with E-state index in [4.69, 9.17) is 5.11 Å². The summed E-state index contributed by atoms with van der Waals surface area (Å²) < 4.78 is 4.42. The molecule has 0 aromatic carbocycles. The van der Waals surface area contributed by atoms with Gasteiger partial charge in [0.1, 0.15) is 0 Å². The van der Waals surface area contributed by atoms with E-state index in [1.54, 1.807) is 18.2 Å². The van der Waals surface area contributed by atoms with Crippen molar-refractivity contribution in [2.45, 2.75) is 6.42 Å². The predicted octanol–water partition coefficient (Wildman–Crippen LogP) is 1.63. The number of hydrogen-bond acceptors (Lipinski definition) is 3. The Morgan fingerprint density at radius 3 is 2.92 bits per heavy atom. The summed E-state index contributed by atoms with van der Waals surface area (Å²) in [6.45, 7) is 0. The number of amides is 1. The van der Waals surface area contributed by atoms with Gasteiger partial charge in [-0.2, -0.15) is 0 Å². The largest absolute Gasteiger partial charge is 0.515 e. The molecule has 0 heterocycles. The van der Waals surface area contributed by atoms with Crippen molar-refractivity contribution >= 4 is 6.09 Å². The van der Waals surface area contributed by atoms with E-state index < -0.39 is 6.09 Å². The summed E-state index contributed by atoms with van der Waals surface area (Å²) in [5.74, 6) is 0. The Balaban J connectivity index is 2.53. The standard InChI is InChI=1S/C9H11NO3/c1-13-9(12)10-8-4-2-7(6-11)3-5-8/h2,4-6,11H,3H2,1H3,(H,10,12). The topological polar surface area (TPSA) is 58.6 Å². The molecule has 0 spiro atoms. The fourth-order valence-electron chi connectivity index (χ4n) is 0.918. The van der Waals surface area contributed by atoms with Gasteiger partial charge < -0.3 is 9.84 Å². The minimum atomic E-state index is -0.493. The van der Waals surface area contributed by atoms with E-state index >= 15 is 0 Å². The molecule has 0 atom stereocenters. The molecular formula is C9H11NO3. The Morgan fingerprint density at radius 2 is 2.46 bits per heavy atom. The molecule has 0 aromatic rings. The van der Waals surface area contributed by atoms with Crippen molar-refractivity contribution in [3.05, 3.63) is 35.8 Å². The quantitative estimate of drug-likeness (QED) is 0.604. The van der Waals surface area contributed by atoms with Gasteiger partial charge in [0.05, 0.1) is 13.4 Å². The Bertz CT molecular complexity index is 289. The van der Waals surface area contributed by atoms with E-state index in [0.717, 1.165) is 11.8 Å². The third-order valence-corrected chi connectivity index (χ3v) is 1.63. The fourth-order valence-corrected chi connectivity index (χ4v) is 0.918. The highest BCUT2D eigenvalue weighted by molar-refractivity contribution is 5.70. The number of nitrogens with one attached hydrogen (secondary N) is 1. The highest BCUT2D eigenvalue weighted by Crippen LogP contribution is 2.12. The maximum Gasteiger partial charge on any atom is 0.411 e. The van der Waals surface area contributed by atoms with Crippen LogP contribution in [0.3, 0.4) is 0 Å². The summed E-state index contributed by atoms with van der Waals surface area (Å²) in [6.07, 6.45) is 6.37. The molecule has 13 heavy (non-hydrogen) atoms. The lowest BCUT2D eigenvalue weighted by Crippen LogP contribution is -2.22. The van der Waals surface area contributed by atoms with E-state index in [1.165, 1.54) is 7.11 Å². The molecule has 2 N–H and O–H groups in total. The van der Waals surface area contributed by atoms with Gasteiger partial charge in [-0.15, -0.1) is 0 Å². The zero-order valence-corrected chi connectivity index (χ0v) is 7.28. The van der Waals surface area contributed by atoms with Crippen LogP contribution < -0.4 is 5.32 Å². The van der Waals surface area contributed by atoms with Crippen LogP contribution in [0.5, 0.6) is 0 Å². The predicted molar refractivity (Wildman–Crippen MR) is 48.1 cm³/mol. The Morgan fingerprint density at radius 1 is 1.69 bits per heavy atom. The number of alkyl carbamates (subject to hydrolysis) is 1. The van der Waals surface area contributed by atoms with Gasteiger partial charge in [-0.3, -0.25) is 5.32 Å². The smallest absolute Gasteiger partial charge is 0.411 e. The van der Waals surface area contributed by atoms with E-state index in [-0.39, 0.29) is 0 Å². The lowest BCUT2D eigenvalue weighted by molar-refractivity contribution is 0.174. The minimum absolute atomic E-state index is 0.493. The molecule has 1 aliphatic carbocycles. The van der Waals surface area contributed by atoms with Gasteiger partial charge in [-0.25, -0.2) is 4.79 Å². The summed E-state index contributed by atoms with van der Waals surface area (Å²) >= 11 is 0. The molecule has 1 amide bonds. The number of allylic oxidation sites excluding steroid dienone is 4. The zero-order chi connectivity index (χ0) is 9.68. The highest BCUT2D eigenvalue weighted by atomic mass is 16.5. The molecule has 0 unspecified atom stereocenters. The number of aliphatic hydroxyl groups is 1. The third kappa shape index (κ3) is 2.66. The van der Waals surface area contributed by atoms with Crippen LogP contribution in [0.4, 0.5) is 4.79 Å². The van der Waals surface area contributed by atoms with Crippen molar-refractivity contribution in [3.63, 3.8) is 0 Å². The van der Waals surface area contributed by atoms with Crippen LogP contribution in [0.1, 0.15) is 6.42 Å². The molecule has 0 bridgehead atoms. The van der Waals surface area contributed by atoms with Crippen molar-refractivity contribution in [1.29, 1.82) is 0 Å². The average Bonchev–Trinajstić information content (AvgIpc) is 2.19. The van der Waals surface area contributed by atoms with Crippen LogP contribution in [-0.4, -0.2) is 18.3 Å². The second-order valence-electron chi connectivity index (χ2n) is 2.52. The molecule has 0 fully saturated rings. The molecule has 0 radical (unpaired) electrons. The number of aliphatic hydroxyl groups excluding tert-OH is 1. The Labute approximate surface area is 76.2 Å². The molecule has 70 valence electrons. The Kier molecular flexibility index (Phi) is 3.14. The number of rotatable bonds is 1. The lowest BCUT2D eigenvalue weighted by Gasteiger charge is -2.08. The first-order chi connectivity index (χ1) is 6.26. The van der Waals surface area contributed by atoms with Crippen LogP contribution >= 0.6 is 0 Å². The first-order valence-electron chi connectivity index (χ1n) is 3.82. The van der Waals surface area contributed by atoms with Crippen LogP contribution in [0, 0.1) is 0 Å². The van der Waals surface area contributed by atoms with Gasteiger partial charge in [0.2, 0.25) is 0 Å². The van der Waals surface area contributed by atoms with Crippen molar-refractivity contribution in [2.24, 2.45) is 0 Å². The molecule has 1 rings (SSSR count). The number of carbonyl (C=O) groups excluding carboxylic acids is 1. The normalized spacial score (nSPS) is 18.2. The van der Waals surface area contributed by atoms with Gasteiger partial charge in [0.15, 0.2) is 0 Å². The van der Waals surface area contributed by atoms with E-state index in [2.05, 4.69) is 10.1 Å². The monoisotopic (exact) mass is 181 g/mol. The summed E-state index contributed by atoms with van der Waals surface area (Å²) in [4.78, 5) is 10.8. The maximum absolute atomic E-state index is 10.8. The summed E-state index contributed by atoms with van der Waals surface area (Å²) in [5.41, 5.74) is 1.48. The van der Waals surface area contributed by atoms with Gasteiger partial charge in [0, 0.05) is 5.70 Å². The first kappa shape index (κ1) is 9.38. The molecule has 4 heteroatoms. The van der Waals surface area contributed by atoms with Crippen molar-refractivity contribution in [1.82, 2.24) is 5.32 Å². The van der Waals surface area contributed by atoms with E-state index in [0.29, 0.717) is 12.1 Å². The van der Waals surface area contributed by atoms with Gasteiger partial charge >= 0.3 is 6.09 Å². The molecular weight excluding hydrogens is 170 g/mol. The number of ether oxygens (including phenoxy) is 1. The molecule has 1 aliphatic rings. The Hall–Kier alpha value is -1.71. The van der Waals surface area contributed by atoms with Crippen molar-refractivity contribution in [2.75, 3.05) is 7.11 Å². The van der Waals surface area contributed by atoms with Crippen LogP contribution in [0.15, 0.2) is 35.8 Å². The number of hydrogen-bond donors (Lipinski definition) is 2. The second-order valence-corrected chi connectivity index (χ2v) is 2.52. The van der Waals surface area contributed by atoms with E-state index in [1.807, 2.05) is 0 Å². The van der Waals surface area contributed by atoms with Crippen LogP contribution in [0.2, 0.25) is 0 Å². The van der Waals surface area contributed by atoms with Gasteiger partial charge in [-0.05, 0) is 18.1 Å². The van der Waals surface area contributed by atoms with Crippen LogP contribution in [0.25, 0.3) is 0 Å². The highest BCUT2D eigenvalue weighted by Gasteiger charge is 2.04. The SMILES string of the molecule is COC(=O)NC1=CCC(=CO)C=C1. The zero-order valence-electron chi connectivity index (χ0n) is 7.28. The van der Waals surface area contributed by atoms with Crippen molar-refractivity contribution < 1.29 is 14.6 Å². The van der Waals surface area contributed by atoms with Gasteiger partial charge in [0.25, 0.3) is 0 Å². The summed E-state index contributed by atoms with van der Waals surface area (Å²) in [7, 11) is 1.31. The first-order valence-corrected chi connectivity index (χ1v) is 3.82. The summed E-state index contributed by atoms with van der Waals surface area (Å²) in [5, 5.41) is 11.2. The average molecular weight is 181 g/mol. The number of methoxy groups -OCH3 is 1.